The van der Waals surface area contributed by atoms with E-state index in [0.717, 1.165) is 58.4 Å². The topological polar surface area (TPSA) is 48.7 Å². The van der Waals surface area contributed by atoms with E-state index in [4.69, 9.17) is 9.47 Å². The number of hydrogen-bond donors (Lipinski definition) is 0. The summed E-state index contributed by atoms with van der Waals surface area (Å²) in [5.74, 6) is 0. The fourth-order valence-corrected chi connectivity index (χ4v) is 3.69. The highest BCUT2D eigenvalue weighted by molar-refractivity contribution is 5.04. The summed E-state index contributed by atoms with van der Waals surface area (Å²) in [5.41, 5.74) is -0.105. The van der Waals surface area contributed by atoms with Gasteiger partial charge in [-0.15, -0.1) is 0 Å². The highest BCUT2D eigenvalue weighted by Crippen LogP contribution is 2.32. The number of hydrogen-bond acceptors (Lipinski definition) is 5. The van der Waals surface area contributed by atoms with Crippen molar-refractivity contribution in [1.29, 1.82) is 5.26 Å². The summed E-state index contributed by atoms with van der Waals surface area (Å²) in [6, 6.07) is 2.61. The fraction of sp³-hybridized carbons (Fsp3) is 0.952. The van der Waals surface area contributed by atoms with Gasteiger partial charge < -0.3 is 19.3 Å². The highest BCUT2D eigenvalue weighted by atomic mass is 16.5. The minimum atomic E-state index is -0.105. The van der Waals surface area contributed by atoms with Crippen molar-refractivity contribution in [3.8, 4) is 6.07 Å². The second-order valence-corrected chi connectivity index (χ2v) is 7.70. The second kappa shape index (κ2) is 12.7. The Bertz CT molecular complexity index is 388. The maximum absolute atomic E-state index is 9.54. The van der Waals surface area contributed by atoms with Gasteiger partial charge in [0, 0.05) is 33.9 Å². The second-order valence-electron chi connectivity index (χ2n) is 7.70. The zero-order chi connectivity index (χ0) is 19.4. The quantitative estimate of drug-likeness (QED) is 0.760. The van der Waals surface area contributed by atoms with Gasteiger partial charge in [-0.25, -0.2) is 0 Å². The molecule has 152 valence electrons. The molecule has 0 unspecified atom stereocenters. The van der Waals surface area contributed by atoms with Crippen LogP contribution in [0.3, 0.4) is 0 Å². The molecule has 1 saturated carbocycles. The van der Waals surface area contributed by atoms with E-state index in [9.17, 15) is 5.26 Å². The maximum atomic E-state index is 9.54. The van der Waals surface area contributed by atoms with E-state index >= 15 is 0 Å². The summed E-state index contributed by atoms with van der Waals surface area (Å²) >= 11 is 0. The molecule has 3 aliphatic rings. The number of piperidine rings is 2. The summed E-state index contributed by atoms with van der Waals surface area (Å²) in [5, 5.41) is 9.54. The van der Waals surface area contributed by atoms with Crippen molar-refractivity contribution in [3.63, 3.8) is 0 Å². The molecule has 3 rings (SSSR count). The van der Waals surface area contributed by atoms with Crippen LogP contribution in [0.15, 0.2) is 0 Å². The van der Waals surface area contributed by atoms with Crippen LogP contribution < -0.4 is 0 Å². The van der Waals surface area contributed by atoms with Crippen LogP contribution in [-0.2, 0) is 9.47 Å². The zero-order valence-corrected chi connectivity index (χ0v) is 17.8. The Labute approximate surface area is 161 Å². The van der Waals surface area contributed by atoms with Crippen molar-refractivity contribution in [3.05, 3.63) is 0 Å². The van der Waals surface area contributed by atoms with Gasteiger partial charge in [-0.2, -0.15) is 5.26 Å². The van der Waals surface area contributed by atoms with Gasteiger partial charge in [-0.3, -0.25) is 0 Å². The summed E-state index contributed by atoms with van der Waals surface area (Å²) in [6.07, 6.45) is 9.25. The SMILES string of the molecule is CC.COC1CCC1.COC1CCN(CC2(C#N)CCN(C)CC2)CC1. The van der Waals surface area contributed by atoms with Gasteiger partial charge in [0.15, 0.2) is 0 Å². The molecule has 0 atom stereocenters. The molecule has 5 nitrogen and oxygen atoms in total. The molecule has 0 bridgehead atoms. The molecular weight excluding hydrogens is 326 g/mol. The predicted molar refractivity (Wildman–Crippen MR) is 107 cm³/mol. The average Bonchev–Trinajstić information content (AvgIpc) is 2.66. The van der Waals surface area contributed by atoms with Crippen molar-refractivity contribution in [1.82, 2.24) is 9.80 Å². The number of methoxy groups -OCH3 is 2. The van der Waals surface area contributed by atoms with E-state index in [1.165, 1.54) is 19.3 Å². The van der Waals surface area contributed by atoms with Gasteiger partial charge in [-0.1, -0.05) is 13.8 Å². The first-order chi connectivity index (χ1) is 12.6. The Morgan fingerprint density at radius 3 is 1.77 bits per heavy atom. The van der Waals surface area contributed by atoms with E-state index in [1.54, 1.807) is 14.2 Å². The third kappa shape index (κ3) is 7.52. The smallest absolute Gasteiger partial charge is 0.0725 e. The van der Waals surface area contributed by atoms with Crippen LogP contribution in [0.4, 0.5) is 0 Å². The van der Waals surface area contributed by atoms with Crippen molar-refractivity contribution in [2.24, 2.45) is 5.41 Å². The first-order valence-corrected chi connectivity index (χ1v) is 10.5. The maximum Gasteiger partial charge on any atom is 0.0725 e. The van der Waals surface area contributed by atoms with E-state index < -0.39 is 0 Å². The number of rotatable bonds is 4. The lowest BCUT2D eigenvalue weighted by Crippen LogP contribution is -2.47. The first-order valence-electron chi connectivity index (χ1n) is 10.5. The lowest BCUT2D eigenvalue weighted by atomic mass is 9.79. The Kier molecular flexibility index (Phi) is 11.4. The summed E-state index contributed by atoms with van der Waals surface area (Å²) in [6.45, 7) is 9.23. The number of nitriles is 1. The monoisotopic (exact) mass is 367 g/mol. The van der Waals surface area contributed by atoms with Crippen molar-refractivity contribution >= 4 is 0 Å². The standard InChI is InChI=1S/C14H25N3O.C5H10O.C2H6/c1-16-9-5-14(11-15,6-10-16)12-17-7-3-13(18-2)4-8-17;1-6-5-3-2-4-5;1-2/h13H,3-10,12H2,1-2H3;5H,2-4H2,1H3;1-2H3. The van der Waals surface area contributed by atoms with Gasteiger partial charge in [0.2, 0.25) is 0 Å². The molecule has 3 fully saturated rings. The minimum Gasteiger partial charge on any atom is -0.381 e. The van der Waals surface area contributed by atoms with E-state index in [2.05, 4.69) is 22.9 Å². The first kappa shape index (κ1) is 23.4. The van der Waals surface area contributed by atoms with Crippen molar-refractivity contribution in [2.45, 2.75) is 71.0 Å². The van der Waals surface area contributed by atoms with E-state index in [1.807, 2.05) is 13.8 Å². The third-order valence-corrected chi connectivity index (χ3v) is 5.96. The average molecular weight is 368 g/mol. The third-order valence-electron chi connectivity index (χ3n) is 5.96. The van der Waals surface area contributed by atoms with Gasteiger partial charge in [-0.05, 0) is 65.1 Å². The molecule has 0 radical (unpaired) electrons. The zero-order valence-electron chi connectivity index (χ0n) is 17.8. The molecule has 2 aliphatic heterocycles. The molecule has 2 heterocycles. The molecule has 0 aromatic rings. The van der Waals surface area contributed by atoms with E-state index in [0.29, 0.717) is 12.2 Å². The van der Waals surface area contributed by atoms with Crippen molar-refractivity contribution < 1.29 is 9.47 Å². The predicted octanol–water partition coefficient (Wildman–Crippen LogP) is 3.54. The van der Waals surface area contributed by atoms with Crippen LogP contribution in [-0.4, -0.2) is 76.0 Å². The van der Waals surface area contributed by atoms with Crippen LogP contribution in [0.25, 0.3) is 0 Å². The number of ether oxygens (including phenoxy) is 2. The molecule has 5 heteroatoms. The Morgan fingerprint density at radius 2 is 1.42 bits per heavy atom. The largest absolute Gasteiger partial charge is 0.381 e. The lowest BCUT2D eigenvalue weighted by Gasteiger charge is -2.41. The molecule has 2 saturated heterocycles. The minimum absolute atomic E-state index is 0.105. The van der Waals surface area contributed by atoms with Crippen LogP contribution in [0.2, 0.25) is 0 Å². The lowest BCUT2D eigenvalue weighted by molar-refractivity contribution is 0.0246. The Balaban J connectivity index is 0.000000353. The number of likely N-dealkylation sites (tertiary alicyclic amines) is 2. The highest BCUT2D eigenvalue weighted by Gasteiger charge is 2.36. The fourth-order valence-electron chi connectivity index (χ4n) is 3.69. The van der Waals surface area contributed by atoms with E-state index in [-0.39, 0.29) is 5.41 Å². The normalized spacial score (nSPS) is 24.3. The molecular formula is C21H41N3O2. The van der Waals surface area contributed by atoms with Crippen LogP contribution in [0, 0.1) is 16.7 Å². The van der Waals surface area contributed by atoms with Gasteiger partial charge in [0.05, 0.1) is 23.7 Å². The summed E-state index contributed by atoms with van der Waals surface area (Å²) in [4.78, 5) is 4.79. The summed E-state index contributed by atoms with van der Waals surface area (Å²) in [7, 11) is 5.73. The van der Waals surface area contributed by atoms with Gasteiger partial charge >= 0.3 is 0 Å². The molecule has 0 aromatic carbocycles. The Hall–Kier alpha value is -0.670. The molecule has 0 spiro atoms. The van der Waals surface area contributed by atoms with Crippen molar-refractivity contribution in [2.75, 3.05) is 54.0 Å². The molecule has 1 aliphatic carbocycles. The molecule has 0 aromatic heterocycles. The van der Waals surface area contributed by atoms with Crippen LogP contribution in [0.1, 0.15) is 58.8 Å². The van der Waals surface area contributed by atoms with Gasteiger partial charge in [0.25, 0.3) is 0 Å². The molecule has 0 N–H and O–H groups in total. The Morgan fingerprint density at radius 1 is 0.923 bits per heavy atom. The molecule has 26 heavy (non-hydrogen) atoms. The number of nitrogens with zero attached hydrogens (tertiary/aromatic N) is 3. The van der Waals surface area contributed by atoms with Crippen LogP contribution >= 0.6 is 0 Å². The van der Waals surface area contributed by atoms with Gasteiger partial charge in [0.1, 0.15) is 0 Å². The van der Waals surface area contributed by atoms with Crippen LogP contribution in [0.5, 0.6) is 0 Å². The summed E-state index contributed by atoms with van der Waals surface area (Å²) < 4.78 is 10.4. The molecule has 0 amide bonds.